The lowest BCUT2D eigenvalue weighted by Gasteiger charge is -2.18. The summed E-state index contributed by atoms with van der Waals surface area (Å²) in [6, 6.07) is 5.25. The van der Waals surface area contributed by atoms with Crippen LogP contribution in [-0.4, -0.2) is 52.7 Å². The molecule has 5 nitrogen and oxygen atoms in total. The highest BCUT2D eigenvalue weighted by atomic mass is 32.2. The molecule has 0 atom stereocenters. The molecule has 0 fully saturated rings. The highest BCUT2D eigenvalue weighted by Crippen LogP contribution is 2.22. The topological polar surface area (TPSA) is 58.6 Å². The van der Waals surface area contributed by atoms with E-state index in [1.54, 1.807) is 7.05 Å². The van der Waals surface area contributed by atoms with Gasteiger partial charge in [-0.15, -0.1) is 0 Å². The SMILES string of the molecule is CNCCOc1ccc(S(=O)(=O)N(C)CC(F)(F)F)cc1. The van der Waals surface area contributed by atoms with Crippen LogP contribution in [0.2, 0.25) is 0 Å². The molecule has 1 aromatic carbocycles. The van der Waals surface area contributed by atoms with Gasteiger partial charge in [-0.05, 0) is 31.3 Å². The van der Waals surface area contributed by atoms with E-state index < -0.39 is 22.7 Å². The average molecular weight is 326 g/mol. The predicted molar refractivity (Wildman–Crippen MR) is 71.7 cm³/mol. The van der Waals surface area contributed by atoms with Gasteiger partial charge in [0.25, 0.3) is 0 Å². The summed E-state index contributed by atoms with van der Waals surface area (Å²) >= 11 is 0. The second-order valence-electron chi connectivity index (χ2n) is 4.30. The minimum Gasteiger partial charge on any atom is -0.492 e. The molecule has 0 unspecified atom stereocenters. The van der Waals surface area contributed by atoms with Crippen LogP contribution in [-0.2, 0) is 10.0 Å². The summed E-state index contributed by atoms with van der Waals surface area (Å²) in [5, 5.41) is 2.88. The number of hydrogen-bond donors (Lipinski definition) is 1. The molecule has 0 aliphatic carbocycles. The van der Waals surface area contributed by atoms with Crippen LogP contribution in [0.3, 0.4) is 0 Å². The number of benzene rings is 1. The number of likely N-dealkylation sites (N-methyl/N-ethyl adjacent to an activating group) is 1. The molecule has 0 aromatic heterocycles. The van der Waals surface area contributed by atoms with E-state index in [2.05, 4.69) is 5.32 Å². The summed E-state index contributed by atoms with van der Waals surface area (Å²) in [6.45, 7) is -0.513. The smallest absolute Gasteiger partial charge is 0.402 e. The second kappa shape index (κ2) is 7.10. The van der Waals surface area contributed by atoms with E-state index in [-0.39, 0.29) is 9.20 Å². The molecule has 0 aliphatic heterocycles. The number of sulfonamides is 1. The number of nitrogens with one attached hydrogen (secondary N) is 1. The van der Waals surface area contributed by atoms with E-state index in [4.69, 9.17) is 4.74 Å². The van der Waals surface area contributed by atoms with Crippen molar-refractivity contribution in [2.45, 2.75) is 11.1 Å². The Balaban J connectivity index is 2.80. The van der Waals surface area contributed by atoms with Gasteiger partial charge in [-0.3, -0.25) is 0 Å². The molecule has 0 spiro atoms. The number of hydrogen-bond acceptors (Lipinski definition) is 4. The number of ether oxygens (including phenoxy) is 1. The maximum atomic E-state index is 12.3. The first-order valence-electron chi connectivity index (χ1n) is 6.07. The van der Waals surface area contributed by atoms with Crippen molar-refractivity contribution in [3.8, 4) is 5.75 Å². The Kier molecular flexibility index (Phi) is 5.99. The van der Waals surface area contributed by atoms with E-state index in [1.165, 1.54) is 24.3 Å². The monoisotopic (exact) mass is 326 g/mol. The number of alkyl halides is 3. The molecular formula is C12H17F3N2O3S. The highest BCUT2D eigenvalue weighted by molar-refractivity contribution is 7.89. The van der Waals surface area contributed by atoms with Gasteiger partial charge in [0, 0.05) is 13.6 Å². The Morgan fingerprint density at radius 2 is 1.81 bits per heavy atom. The van der Waals surface area contributed by atoms with Crippen LogP contribution in [0.5, 0.6) is 5.75 Å². The van der Waals surface area contributed by atoms with Gasteiger partial charge in [-0.2, -0.15) is 17.5 Å². The van der Waals surface area contributed by atoms with Crippen LogP contribution in [0.1, 0.15) is 0 Å². The van der Waals surface area contributed by atoms with Gasteiger partial charge in [0.1, 0.15) is 18.9 Å². The van der Waals surface area contributed by atoms with Gasteiger partial charge in [0.05, 0.1) is 4.90 Å². The fourth-order valence-corrected chi connectivity index (χ4v) is 2.65. The molecule has 21 heavy (non-hydrogen) atoms. The zero-order valence-corrected chi connectivity index (χ0v) is 12.5. The van der Waals surface area contributed by atoms with Crippen molar-refractivity contribution in [1.29, 1.82) is 0 Å². The summed E-state index contributed by atoms with van der Waals surface area (Å²) < 4.78 is 66.3. The Morgan fingerprint density at radius 3 is 2.29 bits per heavy atom. The number of nitrogens with zero attached hydrogens (tertiary/aromatic N) is 1. The van der Waals surface area contributed by atoms with Gasteiger partial charge in [0.15, 0.2) is 0 Å². The molecule has 0 bridgehead atoms. The van der Waals surface area contributed by atoms with E-state index >= 15 is 0 Å². The minimum absolute atomic E-state index is 0.213. The van der Waals surface area contributed by atoms with E-state index in [0.29, 0.717) is 18.9 Å². The Hall–Kier alpha value is -1.32. The van der Waals surface area contributed by atoms with Crippen molar-refractivity contribution in [2.75, 3.05) is 33.8 Å². The minimum atomic E-state index is -4.59. The summed E-state index contributed by atoms with van der Waals surface area (Å²) in [5.41, 5.74) is 0. The molecule has 0 aliphatic rings. The molecule has 0 saturated heterocycles. The summed E-state index contributed by atoms with van der Waals surface area (Å²) in [5.74, 6) is 0.447. The van der Waals surface area contributed by atoms with Crippen LogP contribution in [0.15, 0.2) is 29.2 Å². The Labute approximate surface area is 121 Å². The first-order chi connectivity index (χ1) is 9.66. The quantitative estimate of drug-likeness (QED) is 0.771. The van der Waals surface area contributed by atoms with Gasteiger partial charge < -0.3 is 10.1 Å². The van der Waals surface area contributed by atoms with Gasteiger partial charge in [-0.1, -0.05) is 0 Å². The first-order valence-corrected chi connectivity index (χ1v) is 7.51. The third kappa shape index (κ3) is 5.52. The Morgan fingerprint density at radius 1 is 1.24 bits per heavy atom. The fourth-order valence-electron chi connectivity index (χ4n) is 1.50. The van der Waals surface area contributed by atoms with E-state index in [9.17, 15) is 21.6 Å². The molecule has 0 heterocycles. The maximum Gasteiger partial charge on any atom is 0.402 e. The molecule has 0 saturated carbocycles. The van der Waals surface area contributed by atoms with Gasteiger partial charge in [0.2, 0.25) is 10.0 Å². The van der Waals surface area contributed by atoms with Gasteiger partial charge >= 0.3 is 6.18 Å². The molecule has 1 N–H and O–H groups in total. The van der Waals surface area contributed by atoms with Crippen LogP contribution >= 0.6 is 0 Å². The van der Waals surface area contributed by atoms with Crippen molar-refractivity contribution >= 4 is 10.0 Å². The standard InChI is InChI=1S/C12H17F3N2O3S/c1-16-7-8-20-10-3-5-11(6-4-10)21(18,19)17(2)9-12(13,14)15/h3-6,16H,7-9H2,1-2H3. The van der Waals surface area contributed by atoms with Crippen LogP contribution < -0.4 is 10.1 Å². The average Bonchev–Trinajstić information content (AvgIpc) is 2.37. The summed E-state index contributed by atoms with van der Waals surface area (Å²) in [4.78, 5) is -0.213. The second-order valence-corrected chi connectivity index (χ2v) is 6.34. The fraction of sp³-hybridized carbons (Fsp3) is 0.500. The predicted octanol–water partition coefficient (Wildman–Crippen LogP) is 1.47. The normalized spacial score (nSPS) is 12.7. The lowest BCUT2D eigenvalue weighted by Crippen LogP contribution is -2.35. The zero-order valence-electron chi connectivity index (χ0n) is 11.6. The summed E-state index contributed by atoms with van der Waals surface area (Å²) in [7, 11) is -1.52. The van der Waals surface area contributed by atoms with E-state index in [0.717, 1.165) is 7.05 Å². The lowest BCUT2D eigenvalue weighted by molar-refractivity contribution is -0.134. The van der Waals surface area contributed by atoms with E-state index in [1.807, 2.05) is 0 Å². The first kappa shape index (κ1) is 17.7. The lowest BCUT2D eigenvalue weighted by atomic mass is 10.3. The van der Waals surface area contributed by atoms with Crippen LogP contribution in [0.25, 0.3) is 0 Å². The number of halogens is 3. The largest absolute Gasteiger partial charge is 0.492 e. The molecule has 9 heteroatoms. The molecular weight excluding hydrogens is 309 g/mol. The zero-order chi connectivity index (χ0) is 16.1. The number of rotatable bonds is 7. The van der Waals surface area contributed by atoms with Crippen LogP contribution in [0, 0.1) is 0 Å². The Bertz CT molecular complexity index is 544. The summed E-state index contributed by atoms with van der Waals surface area (Å²) in [6.07, 6.45) is -4.59. The van der Waals surface area contributed by atoms with Crippen LogP contribution in [0.4, 0.5) is 13.2 Å². The highest BCUT2D eigenvalue weighted by Gasteiger charge is 2.34. The third-order valence-corrected chi connectivity index (χ3v) is 4.37. The van der Waals surface area contributed by atoms with Crippen molar-refractivity contribution in [2.24, 2.45) is 0 Å². The van der Waals surface area contributed by atoms with Crippen molar-refractivity contribution in [3.05, 3.63) is 24.3 Å². The molecule has 120 valence electrons. The van der Waals surface area contributed by atoms with Crippen molar-refractivity contribution in [1.82, 2.24) is 9.62 Å². The molecule has 1 aromatic rings. The van der Waals surface area contributed by atoms with Crippen molar-refractivity contribution in [3.63, 3.8) is 0 Å². The third-order valence-electron chi connectivity index (χ3n) is 2.55. The molecule has 1 rings (SSSR count). The molecule has 0 amide bonds. The van der Waals surface area contributed by atoms with Crippen molar-refractivity contribution < 1.29 is 26.3 Å². The molecule has 0 radical (unpaired) electrons. The maximum absolute atomic E-state index is 12.3. The van der Waals surface area contributed by atoms with Gasteiger partial charge in [-0.25, -0.2) is 8.42 Å².